The SMILES string of the molecule is COc1ccc(C#CCNC(C)=O)cn1. The lowest BCUT2D eigenvalue weighted by molar-refractivity contribution is -0.118. The highest BCUT2D eigenvalue weighted by molar-refractivity contribution is 5.73. The highest BCUT2D eigenvalue weighted by Crippen LogP contribution is 2.04. The fourth-order valence-corrected chi connectivity index (χ4v) is 0.890. The van der Waals surface area contributed by atoms with E-state index < -0.39 is 0 Å². The molecular formula is C11H12N2O2. The highest BCUT2D eigenvalue weighted by Gasteiger charge is 1.91. The van der Waals surface area contributed by atoms with Crippen molar-refractivity contribution in [3.8, 4) is 17.7 Å². The predicted molar refractivity (Wildman–Crippen MR) is 56.4 cm³/mol. The van der Waals surface area contributed by atoms with E-state index in [9.17, 15) is 4.79 Å². The lowest BCUT2D eigenvalue weighted by Gasteiger charge is -1.96. The maximum absolute atomic E-state index is 10.5. The van der Waals surface area contributed by atoms with E-state index in [1.807, 2.05) is 6.07 Å². The van der Waals surface area contributed by atoms with E-state index >= 15 is 0 Å². The van der Waals surface area contributed by atoms with E-state index in [0.717, 1.165) is 5.56 Å². The van der Waals surface area contributed by atoms with Gasteiger partial charge in [0.05, 0.1) is 13.7 Å². The van der Waals surface area contributed by atoms with Crippen LogP contribution in [-0.2, 0) is 4.79 Å². The lowest BCUT2D eigenvalue weighted by atomic mass is 10.3. The lowest BCUT2D eigenvalue weighted by Crippen LogP contribution is -2.19. The van der Waals surface area contributed by atoms with Crippen molar-refractivity contribution in [1.82, 2.24) is 10.3 Å². The largest absolute Gasteiger partial charge is 0.481 e. The zero-order valence-electron chi connectivity index (χ0n) is 8.70. The molecule has 4 heteroatoms. The zero-order valence-corrected chi connectivity index (χ0v) is 8.70. The number of nitrogens with zero attached hydrogens (tertiary/aromatic N) is 1. The minimum atomic E-state index is -0.0860. The maximum Gasteiger partial charge on any atom is 0.217 e. The number of amides is 1. The topological polar surface area (TPSA) is 51.2 Å². The van der Waals surface area contributed by atoms with Crippen LogP contribution in [0.2, 0.25) is 0 Å². The third-order valence-electron chi connectivity index (χ3n) is 1.60. The van der Waals surface area contributed by atoms with E-state index in [4.69, 9.17) is 4.74 Å². The van der Waals surface area contributed by atoms with Gasteiger partial charge in [-0.05, 0) is 6.07 Å². The van der Waals surface area contributed by atoms with E-state index in [1.165, 1.54) is 6.92 Å². The summed E-state index contributed by atoms with van der Waals surface area (Å²) >= 11 is 0. The summed E-state index contributed by atoms with van der Waals surface area (Å²) in [4.78, 5) is 14.5. The van der Waals surface area contributed by atoms with Crippen molar-refractivity contribution in [3.05, 3.63) is 23.9 Å². The molecule has 78 valence electrons. The van der Waals surface area contributed by atoms with Crippen molar-refractivity contribution in [3.63, 3.8) is 0 Å². The number of hydrogen-bond acceptors (Lipinski definition) is 3. The molecule has 0 aliphatic heterocycles. The third kappa shape index (κ3) is 4.14. The second-order valence-electron chi connectivity index (χ2n) is 2.80. The molecule has 1 rings (SSSR count). The molecule has 1 amide bonds. The Balaban J connectivity index is 2.52. The molecule has 0 radical (unpaired) electrons. The van der Waals surface area contributed by atoms with Gasteiger partial charge in [-0.2, -0.15) is 0 Å². The molecule has 0 spiro atoms. The van der Waals surface area contributed by atoms with Crippen molar-refractivity contribution in [2.45, 2.75) is 6.92 Å². The standard InChI is InChI=1S/C11H12N2O2/c1-9(14)12-7-3-4-10-5-6-11(15-2)13-8-10/h5-6,8H,7H2,1-2H3,(H,12,14). The fraction of sp³-hybridized carbons (Fsp3) is 0.273. The van der Waals surface area contributed by atoms with Gasteiger partial charge >= 0.3 is 0 Å². The highest BCUT2D eigenvalue weighted by atomic mass is 16.5. The number of carbonyl (C=O) groups excluding carboxylic acids is 1. The summed E-state index contributed by atoms with van der Waals surface area (Å²) in [5, 5.41) is 2.58. The molecule has 1 aromatic rings. The molecule has 4 nitrogen and oxygen atoms in total. The van der Waals surface area contributed by atoms with Gasteiger partial charge in [-0.25, -0.2) is 4.98 Å². The van der Waals surface area contributed by atoms with Crippen molar-refractivity contribution in [1.29, 1.82) is 0 Å². The van der Waals surface area contributed by atoms with Crippen LogP contribution in [0.3, 0.4) is 0 Å². The van der Waals surface area contributed by atoms with Gasteiger partial charge in [-0.3, -0.25) is 4.79 Å². The van der Waals surface area contributed by atoms with Crippen LogP contribution < -0.4 is 10.1 Å². The summed E-state index contributed by atoms with van der Waals surface area (Å²) in [5.74, 6) is 6.15. The first kappa shape index (κ1) is 11.1. The van der Waals surface area contributed by atoms with E-state index in [2.05, 4.69) is 22.1 Å². The fourth-order valence-electron chi connectivity index (χ4n) is 0.890. The molecule has 1 heterocycles. The minimum Gasteiger partial charge on any atom is -0.481 e. The molecule has 0 aromatic carbocycles. The second-order valence-corrected chi connectivity index (χ2v) is 2.80. The number of pyridine rings is 1. The number of ether oxygens (including phenoxy) is 1. The molecule has 0 atom stereocenters. The van der Waals surface area contributed by atoms with Crippen molar-refractivity contribution >= 4 is 5.91 Å². The van der Waals surface area contributed by atoms with Gasteiger partial charge in [0.1, 0.15) is 0 Å². The Morgan fingerprint density at radius 2 is 2.40 bits per heavy atom. The summed E-state index contributed by atoms with van der Waals surface area (Å²) < 4.78 is 4.91. The molecule has 1 aromatic heterocycles. The van der Waals surface area contributed by atoms with Crippen molar-refractivity contribution in [2.75, 3.05) is 13.7 Å². The van der Waals surface area contributed by atoms with E-state index in [0.29, 0.717) is 12.4 Å². The molecule has 0 aliphatic rings. The van der Waals surface area contributed by atoms with Crippen molar-refractivity contribution < 1.29 is 9.53 Å². The average Bonchev–Trinajstić information content (AvgIpc) is 2.25. The summed E-state index contributed by atoms with van der Waals surface area (Å²) in [7, 11) is 1.56. The van der Waals surface area contributed by atoms with E-state index in [1.54, 1.807) is 19.4 Å². The van der Waals surface area contributed by atoms with Crippen LogP contribution in [0.15, 0.2) is 18.3 Å². The molecule has 0 fully saturated rings. The Labute approximate surface area is 88.7 Å². The van der Waals surface area contributed by atoms with Crippen LogP contribution in [0.5, 0.6) is 5.88 Å². The first-order valence-electron chi connectivity index (χ1n) is 4.45. The normalized spacial score (nSPS) is 8.67. The number of nitrogens with one attached hydrogen (secondary N) is 1. The molecule has 15 heavy (non-hydrogen) atoms. The third-order valence-corrected chi connectivity index (χ3v) is 1.60. The average molecular weight is 204 g/mol. The molecule has 0 saturated heterocycles. The van der Waals surface area contributed by atoms with E-state index in [-0.39, 0.29) is 5.91 Å². The Hall–Kier alpha value is -2.02. The summed E-state index contributed by atoms with van der Waals surface area (Å²) in [6.07, 6.45) is 1.62. The van der Waals surface area contributed by atoms with Gasteiger partial charge in [-0.1, -0.05) is 11.8 Å². The summed E-state index contributed by atoms with van der Waals surface area (Å²) in [5.41, 5.74) is 0.793. The van der Waals surface area contributed by atoms with Gasteiger partial charge in [0.2, 0.25) is 11.8 Å². The summed E-state index contributed by atoms with van der Waals surface area (Å²) in [6.45, 7) is 1.80. The van der Waals surface area contributed by atoms with Crippen LogP contribution in [0.25, 0.3) is 0 Å². The molecule has 0 aliphatic carbocycles. The van der Waals surface area contributed by atoms with Crippen LogP contribution in [0.4, 0.5) is 0 Å². The number of hydrogen-bond donors (Lipinski definition) is 1. The first-order valence-corrected chi connectivity index (χ1v) is 4.45. The second kappa shape index (κ2) is 5.66. The quantitative estimate of drug-likeness (QED) is 0.717. The Morgan fingerprint density at radius 3 is 2.93 bits per heavy atom. The molecule has 0 saturated carbocycles. The van der Waals surface area contributed by atoms with Crippen LogP contribution in [-0.4, -0.2) is 24.5 Å². The monoisotopic (exact) mass is 204 g/mol. The Bertz CT molecular complexity index is 387. The number of aromatic nitrogens is 1. The predicted octanol–water partition coefficient (Wildman–Crippen LogP) is 0.578. The Kier molecular flexibility index (Phi) is 4.17. The van der Waals surface area contributed by atoms with Gasteiger partial charge in [0.15, 0.2) is 0 Å². The van der Waals surface area contributed by atoms with Gasteiger partial charge in [-0.15, -0.1) is 0 Å². The van der Waals surface area contributed by atoms with Crippen LogP contribution >= 0.6 is 0 Å². The molecule has 0 bridgehead atoms. The summed E-state index contributed by atoms with van der Waals surface area (Å²) in [6, 6.07) is 3.55. The van der Waals surface area contributed by atoms with Crippen molar-refractivity contribution in [2.24, 2.45) is 0 Å². The maximum atomic E-state index is 10.5. The van der Waals surface area contributed by atoms with Gasteiger partial charge in [0.25, 0.3) is 0 Å². The number of methoxy groups -OCH3 is 1. The molecule has 0 unspecified atom stereocenters. The minimum absolute atomic E-state index is 0.0860. The zero-order chi connectivity index (χ0) is 11.1. The van der Waals surface area contributed by atoms with Gasteiger partial charge in [0, 0.05) is 24.8 Å². The smallest absolute Gasteiger partial charge is 0.217 e. The first-order chi connectivity index (χ1) is 7.22. The van der Waals surface area contributed by atoms with Gasteiger partial charge < -0.3 is 10.1 Å². The van der Waals surface area contributed by atoms with Crippen LogP contribution in [0, 0.1) is 11.8 Å². The number of carbonyl (C=O) groups is 1. The molecule has 1 N–H and O–H groups in total. The Morgan fingerprint density at radius 1 is 1.60 bits per heavy atom. The number of rotatable bonds is 2. The van der Waals surface area contributed by atoms with Crippen LogP contribution in [0.1, 0.15) is 12.5 Å². The molecular weight excluding hydrogens is 192 g/mol.